The molecule has 0 spiro atoms. The molecule has 0 amide bonds. The highest BCUT2D eigenvalue weighted by Gasteiger charge is 2.42. The highest BCUT2D eigenvalue weighted by molar-refractivity contribution is 7.09. The molecule has 1 unspecified atom stereocenters. The Morgan fingerprint density at radius 2 is 2.26 bits per heavy atom. The molecule has 2 N–H and O–H groups in total. The normalized spacial score (nSPS) is 20.3. The zero-order valence-corrected chi connectivity index (χ0v) is 11.9. The summed E-state index contributed by atoms with van der Waals surface area (Å²) in [4.78, 5) is 4.38. The highest BCUT2D eigenvalue weighted by atomic mass is 32.1. The second-order valence-corrected chi connectivity index (χ2v) is 6.08. The first kappa shape index (κ1) is 12.8. The standard InChI is InChI=1S/C14H19N3OS/c1-11-4-8-17(10-11)14(18,13-16-7-9-19-13)12-2-5-15-6-3-12/h4,7-10,12,15,18H,2-3,5-6H2,1H3. The molecule has 3 rings (SSSR count). The lowest BCUT2D eigenvalue weighted by Crippen LogP contribution is -2.46. The van der Waals surface area contributed by atoms with Crippen molar-refractivity contribution in [2.45, 2.75) is 25.5 Å². The van der Waals surface area contributed by atoms with Gasteiger partial charge in [-0.2, -0.15) is 0 Å². The second-order valence-electron chi connectivity index (χ2n) is 5.18. The third-order valence-corrected chi connectivity index (χ3v) is 4.78. The Labute approximate surface area is 117 Å². The van der Waals surface area contributed by atoms with Gasteiger partial charge in [0, 0.05) is 29.9 Å². The molecule has 4 nitrogen and oxygen atoms in total. The van der Waals surface area contributed by atoms with Gasteiger partial charge < -0.3 is 15.0 Å². The Hall–Kier alpha value is -1.17. The van der Waals surface area contributed by atoms with Gasteiger partial charge in [0.05, 0.1) is 0 Å². The molecule has 102 valence electrons. The molecule has 2 aromatic heterocycles. The lowest BCUT2D eigenvalue weighted by atomic mass is 9.87. The van der Waals surface area contributed by atoms with Gasteiger partial charge in [0.25, 0.3) is 0 Å². The first-order valence-electron chi connectivity index (χ1n) is 6.69. The van der Waals surface area contributed by atoms with Crippen LogP contribution < -0.4 is 5.32 Å². The summed E-state index contributed by atoms with van der Waals surface area (Å²) < 4.78 is 1.93. The minimum Gasteiger partial charge on any atom is -0.364 e. The molecule has 0 radical (unpaired) electrons. The zero-order valence-electron chi connectivity index (χ0n) is 11.0. The minimum absolute atomic E-state index is 0.201. The summed E-state index contributed by atoms with van der Waals surface area (Å²) in [5, 5.41) is 17.4. The quantitative estimate of drug-likeness (QED) is 0.901. The fourth-order valence-corrected chi connectivity index (χ4v) is 3.66. The molecule has 1 fully saturated rings. The van der Waals surface area contributed by atoms with E-state index in [1.54, 1.807) is 6.20 Å². The summed E-state index contributed by atoms with van der Waals surface area (Å²) in [5.74, 6) is 0.201. The maximum Gasteiger partial charge on any atom is 0.197 e. The number of hydrogen-bond donors (Lipinski definition) is 2. The fourth-order valence-electron chi connectivity index (χ4n) is 2.84. The monoisotopic (exact) mass is 277 g/mol. The average Bonchev–Trinajstić information content (AvgIpc) is 3.10. The Morgan fingerprint density at radius 1 is 1.47 bits per heavy atom. The molecule has 0 saturated carbocycles. The van der Waals surface area contributed by atoms with Crippen molar-refractivity contribution in [3.05, 3.63) is 40.6 Å². The van der Waals surface area contributed by atoms with Gasteiger partial charge in [-0.15, -0.1) is 11.3 Å². The predicted molar refractivity (Wildman–Crippen MR) is 76.2 cm³/mol. The number of aromatic nitrogens is 2. The van der Waals surface area contributed by atoms with Gasteiger partial charge in [0.2, 0.25) is 0 Å². The molecule has 1 atom stereocenters. The largest absolute Gasteiger partial charge is 0.364 e. The number of piperidine rings is 1. The topological polar surface area (TPSA) is 50.1 Å². The van der Waals surface area contributed by atoms with E-state index in [0.29, 0.717) is 0 Å². The van der Waals surface area contributed by atoms with Crippen molar-refractivity contribution in [2.24, 2.45) is 5.92 Å². The third-order valence-electron chi connectivity index (χ3n) is 3.89. The SMILES string of the molecule is Cc1ccn(C(O)(c2nccs2)C2CCNCC2)c1. The molecule has 1 aliphatic heterocycles. The van der Waals surface area contributed by atoms with Crippen LogP contribution in [-0.4, -0.2) is 27.7 Å². The number of aryl methyl sites for hydroxylation is 1. The number of aliphatic hydroxyl groups is 1. The van der Waals surface area contributed by atoms with Crippen LogP contribution in [0.2, 0.25) is 0 Å². The summed E-state index contributed by atoms with van der Waals surface area (Å²) >= 11 is 1.53. The molecule has 0 aromatic carbocycles. The highest BCUT2D eigenvalue weighted by Crippen LogP contribution is 2.38. The van der Waals surface area contributed by atoms with Crippen molar-refractivity contribution in [1.82, 2.24) is 14.9 Å². The molecule has 5 heteroatoms. The van der Waals surface area contributed by atoms with Gasteiger partial charge in [-0.3, -0.25) is 0 Å². The van der Waals surface area contributed by atoms with Crippen LogP contribution in [0.1, 0.15) is 23.4 Å². The molecule has 3 heterocycles. The first-order chi connectivity index (χ1) is 9.21. The molecular formula is C14H19N3OS. The van der Waals surface area contributed by atoms with Crippen molar-refractivity contribution in [1.29, 1.82) is 0 Å². The summed E-state index contributed by atoms with van der Waals surface area (Å²) in [5.41, 5.74) is 0.147. The van der Waals surface area contributed by atoms with Gasteiger partial charge in [-0.1, -0.05) is 0 Å². The number of nitrogens with one attached hydrogen (secondary N) is 1. The molecule has 19 heavy (non-hydrogen) atoms. The Bertz CT molecular complexity index is 531. The van der Waals surface area contributed by atoms with Crippen LogP contribution >= 0.6 is 11.3 Å². The smallest absolute Gasteiger partial charge is 0.197 e. The third kappa shape index (κ3) is 2.22. The minimum atomic E-state index is -1.01. The van der Waals surface area contributed by atoms with Crippen molar-refractivity contribution >= 4 is 11.3 Å². The Morgan fingerprint density at radius 3 is 2.84 bits per heavy atom. The van der Waals surface area contributed by atoms with E-state index in [1.807, 2.05) is 35.3 Å². The van der Waals surface area contributed by atoms with E-state index in [1.165, 1.54) is 11.3 Å². The van der Waals surface area contributed by atoms with E-state index in [4.69, 9.17) is 0 Å². The maximum atomic E-state index is 11.4. The summed E-state index contributed by atoms with van der Waals surface area (Å²) in [6.45, 7) is 3.96. The fraction of sp³-hybridized carbons (Fsp3) is 0.500. The van der Waals surface area contributed by atoms with Crippen LogP contribution in [0.15, 0.2) is 30.0 Å². The predicted octanol–water partition coefficient (Wildman–Crippen LogP) is 1.95. The first-order valence-corrected chi connectivity index (χ1v) is 7.57. The van der Waals surface area contributed by atoms with Crippen molar-refractivity contribution in [3.63, 3.8) is 0 Å². The number of rotatable bonds is 3. The lowest BCUT2D eigenvalue weighted by Gasteiger charge is -2.38. The van der Waals surface area contributed by atoms with E-state index < -0.39 is 5.72 Å². The van der Waals surface area contributed by atoms with E-state index in [-0.39, 0.29) is 5.92 Å². The summed E-state index contributed by atoms with van der Waals surface area (Å²) in [7, 11) is 0. The zero-order chi connectivity index (χ0) is 13.3. The average molecular weight is 277 g/mol. The van der Waals surface area contributed by atoms with Crippen LogP contribution in [0.5, 0.6) is 0 Å². The van der Waals surface area contributed by atoms with E-state index in [9.17, 15) is 5.11 Å². The van der Waals surface area contributed by atoms with Gasteiger partial charge in [-0.25, -0.2) is 4.98 Å². The molecule has 1 saturated heterocycles. The van der Waals surface area contributed by atoms with Crippen LogP contribution in [0, 0.1) is 12.8 Å². The number of thiazole rings is 1. The lowest BCUT2D eigenvalue weighted by molar-refractivity contribution is -0.0629. The van der Waals surface area contributed by atoms with Crippen LogP contribution in [0.3, 0.4) is 0 Å². The molecule has 0 bridgehead atoms. The van der Waals surface area contributed by atoms with Gasteiger partial charge >= 0.3 is 0 Å². The molecule has 2 aromatic rings. The van der Waals surface area contributed by atoms with Gasteiger partial charge in [0.1, 0.15) is 5.01 Å². The van der Waals surface area contributed by atoms with E-state index in [2.05, 4.69) is 10.3 Å². The van der Waals surface area contributed by atoms with Crippen molar-refractivity contribution in [2.75, 3.05) is 13.1 Å². The van der Waals surface area contributed by atoms with Crippen LogP contribution in [0.4, 0.5) is 0 Å². The summed E-state index contributed by atoms with van der Waals surface area (Å²) in [6.07, 6.45) is 7.66. The second kappa shape index (κ2) is 5.07. The van der Waals surface area contributed by atoms with Crippen molar-refractivity contribution in [3.8, 4) is 0 Å². The maximum absolute atomic E-state index is 11.4. The van der Waals surface area contributed by atoms with Gasteiger partial charge in [0.15, 0.2) is 5.72 Å². The van der Waals surface area contributed by atoms with Crippen LogP contribution in [-0.2, 0) is 5.72 Å². The van der Waals surface area contributed by atoms with Crippen molar-refractivity contribution < 1.29 is 5.11 Å². The Kier molecular flexibility index (Phi) is 3.43. The molecule has 0 aliphatic carbocycles. The molecule has 1 aliphatic rings. The summed E-state index contributed by atoms with van der Waals surface area (Å²) in [6, 6.07) is 2.03. The number of nitrogens with zero attached hydrogens (tertiary/aromatic N) is 2. The van der Waals surface area contributed by atoms with E-state index >= 15 is 0 Å². The van der Waals surface area contributed by atoms with E-state index in [0.717, 1.165) is 36.5 Å². The van der Waals surface area contributed by atoms with Crippen LogP contribution in [0.25, 0.3) is 0 Å². The Balaban J connectivity index is 2.04. The number of hydrogen-bond acceptors (Lipinski definition) is 4. The molecular weight excluding hydrogens is 258 g/mol. The van der Waals surface area contributed by atoms with Gasteiger partial charge in [-0.05, 0) is 44.5 Å².